The number of carboxylic acid groups (broad SMARTS) is 1. The van der Waals surface area contributed by atoms with Gasteiger partial charge < -0.3 is 5.11 Å². The molecule has 2 aromatic rings. The van der Waals surface area contributed by atoms with Crippen LogP contribution in [0.3, 0.4) is 0 Å². The summed E-state index contributed by atoms with van der Waals surface area (Å²) >= 11 is 1.62. The van der Waals surface area contributed by atoms with Crippen LogP contribution in [-0.4, -0.2) is 16.8 Å². The molecule has 1 N–H and O–H groups in total. The molecule has 0 saturated carbocycles. The smallest absolute Gasteiger partial charge is 0.307 e. The van der Waals surface area contributed by atoms with Crippen LogP contribution in [0, 0.1) is 5.92 Å². The normalized spacial score (nSPS) is 12.0. The lowest BCUT2D eigenvalue weighted by atomic mass is 10.0. The molecule has 0 aromatic heterocycles. The molecule has 0 radical (unpaired) electrons. The first-order valence-corrected chi connectivity index (χ1v) is 8.19. The van der Waals surface area contributed by atoms with Gasteiger partial charge in [-0.15, -0.1) is 11.8 Å². The summed E-state index contributed by atoms with van der Waals surface area (Å²) in [7, 11) is 0. The van der Waals surface area contributed by atoms with E-state index in [1.807, 2.05) is 48.5 Å². The first-order chi connectivity index (χ1) is 10.3. The van der Waals surface area contributed by atoms with Gasteiger partial charge in [-0.05, 0) is 37.0 Å². The SMILES string of the molecule is O=C(O)C(CCCc1ccccc1)CSc1ccccc1. The molecule has 1 atom stereocenters. The Balaban J connectivity index is 1.78. The average molecular weight is 300 g/mol. The van der Waals surface area contributed by atoms with E-state index in [9.17, 15) is 9.90 Å². The van der Waals surface area contributed by atoms with Crippen molar-refractivity contribution >= 4 is 17.7 Å². The Kier molecular flexibility index (Phi) is 6.35. The number of hydrogen-bond acceptors (Lipinski definition) is 2. The maximum absolute atomic E-state index is 11.3. The molecule has 0 spiro atoms. The van der Waals surface area contributed by atoms with Gasteiger partial charge in [0.15, 0.2) is 0 Å². The third kappa shape index (κ3) is 5.64. The lowest BCUT2D eigenvalue weighted by Crippen LogP contribution is -2.16. The summed E-state index contributed by atoms with van der Waals surface area (Å²) in [4.78, 5) is 12.5. The fraction of sp³-hybridized carbons (Fsp3) is 0.278. The van der Waals surface area contributed by atoms with E-state index in [0.717, 1.165) is 24.2 Å². The minimum Gasteiger partial charge on any atom is -0.481 e. The Labute approximate surface area is 130 Å². The maximum atomic E-state index is 11.3. The van der Waals surface area contributed by atoms with Gasteiger partial charge >= 0.3 is 5.97 Å². The summed E-state index contributed by atoms with van der Waals surface area (Å²) < 4.78 is 0. The molecule has 0 aliphatic carbocycles. The monoisotopic (exact) mass is 300 g/mol. The highest BCUT2D eigenvalue weighted by atomic mass is 32.2. The van der Waals surface area contributed by atoms with Crippen LogP contribution in [0.25, 0.3) is 0 Å². The number of hydrogen-bond donors (Lipinski definition) is 1. The van der Waals surface area contributed by atoms with E-state index in [-0.39, 0.29) is 5.92 Å². The van der Waals surface area contributed by atoms with Gasteiger partial charge in [-0.1, -0.05) is 48.5 Å². The number of benzene rings is 2. The molecule has 2 rings (SSSR count). The van der Waals surface area contributed by atoms with E-state index in [1.165, 1.54) is 5.56 Å². The lowest BCUT2D eigenvalue weighted by molar-refractivity contribution is -0.141. The molecule has 2 nitrogen and oxygen atoms in total. The molecule has 3 heteroatoms. The van der Waals surface area contributed by atoms with Crippen molar-refractivity contribution in [1.29, 1.82) is 0 Å². The maximum Gasteiger partial charge on any atom is 0.307 e. The number of carboxylic acids is 1. The van der Waals surface area contributed by atoms with Crippen molar-refractivity contribution in [2.24, 2.45) is 5.92 Å². The number of carbonyl (C=O) groups is 1. The first kappa shape index (κ1) is 15.6. The quantitative estimate of drug-likeness (QED) is 0.729. The summed E-state index contributed by atoms with van der Waals surface area (Å²) in [5.74, 6) is -0.334. The Hall–Kier alpha value is -1.74. The highest BCUT2D eigenvalue weighted by Crippen LogP contribution is 2.23. The molecule has 0 aliphatic heterocycles. The third-order valence-corrected chi connectivity index (χ3v) is 4.58. The van der Waals surface area contributed by atoms with E-state index in [2.05, 4.69) is 12.1 Å². The van der Waals surface area contributed by atoms with Crippen LogP contribution < -0.4 is 0 Å². The standard InChI is InChI=1S/C18H20O2S/c19-18(20)16(14-21-17-12-5-2-6-13-17)11-7-10-15-8-3-1-4-9-15/h1-6,8-9,12-13,16H,7,10-11,14H2,(H,19,20). The van der Waals surface area contributed by atoms with Crippen molar-refractivity contribution in [1.82, 2.24) is 0 Å². The van der Waals surface area contributed by atoms with Gasteiger partial charge in [0.2, 0.25) is 0 Å². The summed E-state index contributed by atoms with van der Waals surface area (Å²) in [6.45, 7) is 0. The second-order valence-electron chi connectivity index (χ2n) is 5.04. The zero-order valence-electron chi connectivity index (χ0n) is 11.9. The second kappa shape index (κ2) is 8.53. The predicted molar refractivity (Wildman–Crippen MR) is 87.7 cm³/mol. The van der Waals surface area contributed by atoms with Crippen molar-refractivity contribution in [2.75, 3.05) is 5.75 Å². The molecule has 0 fully saturated rings. The molecule has 2 aromatic carbocycles. The molecule has 0 aliphatic rings. The number of thioether (sulfide) groups is 1. The zero-order chi connectivity index (χ0) is 14.9. The van der Waals surface area contributed by atoms with Crippen LogP contribution in [-0.2, 0) is 11.2 Å². The average Bonchev–Trinajstić information content (AvgIpc) is 2.52. The van der Waals surface area contributed by atoms with E-state index in [1.54, 1.807) is 11.8 Å². The van der Waals surface area contributed by atoms with Crippen LogP contribution >= 0.6 is 11.8 Å². The minimum atomic E-state index is -0.688. The molecular formula is C18H20O2S. The fourth-order valence-electron chi connectivity index (χ4n) is 2.19. The van der Waals surface area contributed by atoms with Crippen LogP contribution in [0.5, 0.6) is 0 Å². The van der Waals surface area contributed by atoms with Crippen molar-refractivity contribution in [3.63, 3.8) is 0 Å². The molecule has 0 heterocycles. The second-order valence-corrected chi connectivity index (χ2v) is 6.13. The van der Waals surface area contributed by atoms with Gasteiger partial charge in [0, 0.05) is 10.6 Å². The van der Waals surface area contributed by atoms with E-state index in [4.69, 9.17) is 0 Å². The largest absolute Gasteiger partial charge is 0.481 e. The molecule has 0 amide bonds. The van der Waals surface area contributed by atoms with Crippen molar-refractivity contribution in [3.05, 3.63) is 66.2 Å². The van der Waals surface area contributed by atoms with Crippen LogP contribution in [0.4, 0.5) is 0 Å². The van der Waals surface area contributed by atoms with Gasteiger partial charge in [0.25, 0.3) is 0 Å². The number of aliphatic carboxylic acids is 1. The van der Waals surface area contributed by atoms with Crippen LogP contribution in [0.15, 0.2) is 65.6 Å². The highest BCUT2D eigenvalue weighted by Gasteiger charge is 2.17. The Morgan fingerprint density at radius 1 is 1.00 bits per heavy atom. The molecule has 0 saturated heterocycles. The van der Waals surface area contributed by atoms with Crippen molar-refractivity contribution in [3.8, 4) is 0 Å². The molecule has 1 unspecified atom stereocenters. The van der Waals surface area contributed by atoms with Gasteiger partial charge in [-0.2, -0.15) is 0 Å². The van der Waals surface area contributed by atoms with Crippen LogP contribution in [0.1, 0.15) is 18.4 Å². The van der Waals surface area contributed by atoms with Crippen LogP contribution in [0.2, 0.25) is 0 Å². The van der Waals surface area contributed by atoms with Gasteiger partial charge in [-0.25, -0.2) is 0 Å². The Bertz CT molecular complexity index is 540. The summed E-state index contributed by atoms with van der Waals surface area (Å²) in [5.41, 5.74) is 1.28. The van der Waals surface area contributed by atoms with Crippen molar-refractivity contribution < 1.29 is 9.90 Å². The van der Waals surface area contributed by atoms with Gasteiger partial charge in [-0.3, -0.25) is 4.79 Å². The topological polar surface area (TPSA) is 37.3 Å². The number of rotatable bonds is 8. The van der Waals surface area contributed by atoms with Crippen molar-refractivity contribution in [2.45, 2.75) is 24.2 Å². The van der Waals surface area contributed by atoms with E-state index >= 15 is 0 Å². The minimum absolute atomic E-state index is 0.279. The highest BCUT2D eigenvalue weighted by molar-refractivity contribution is 7.99. The van der Waals surface area contributed by atoms with E-state index < -0.39 is 5.97 Å². The Morgan fingerprint density at radius 3 is 2.24 bits per heavy atom. The number of aryl methyl sites for hydroxylation is 1. The summed E-state index contributed by atoms with van der Waals surface area (Å²) in [6.07, 6.45) is 2.58. The Morgan fingerprint density at radius 2 is 1.62 bits per heavy atom. The molecular weight excluding hydrogens is 280 g/mol. The van der Waals surface area contributed by atoms with E-state index in [0.29, 0.717) is 5.75 Å². The zero-order valence-corrected chi connectivity index (χ0v) is 12.8. The summed E-state index contributed by atoms with van der Waals surface area (Å²) in [5, 5.41) is 9.34. The molecule has 21 heavy (non-hydrogen) atoms. The summed E-state index contributed by atoms with van der Waals surface area (Å²) in [6, 6.07) is 20.2. The predicted octanol–water partition coefficient (Wildman–Crippen LogP) is 4.50. The third-order valence-electron chi connectivity index (χ3n) is 3.40. The molecule has 0 bridgehead atoms. The fourth-order valence-corrected chi connectivity index (χ4v) is 3.24. The van der Waals surface area contributed by atoms with Gasteiger partial charge in [0.1, 0.15) is 0 Å². The van der Waals surface area contributed by atoms with Gasteiger partial charge in [0.05, 0.1) is 5.92 Å². The molecule has 110 valence electrons. The lowest BCUT2D eigenvalue weighted by Gasteiger charge is -2.12. The first-order valence-electron chi connectivity index (χ1n) is 7.20.